The van der Waals surface area contributed by atoms with E-state index in [0.29, 0.717) is 12.1 Å². The zero-order valence-electron chi connectivity index (χ0n) is 11.3. The van der Waals surface area contributed by atoms with Crippen molar-refractivity contribution in [3.63, 3.8) is 0 Å². The van der Waals surface area contributed by atoms with Crippen molar-refractivity contribution in [1.82, 2.24) is 10.6 Å². The van der Waals surface area contributed by atoms with Crippen LogP contribution in [0.1, 0.15) is 46.0 Å². The van der Waals surface area contributed by atoms with Gasteiger partial charge in [0.2, 0.25) is 5.91 Å². The minimum Gasteiger partial charge on any atom is -0.352 e. The first kappa shape index (κ1) is 14.8. The maximum Gasteiger partial charge on any atom is 0.237 e. The number of thioether (sulfide) groups is 1. The number of hydrogen-bond donors (Lipinski definition) is 2. The molecule has 1 aliphatic carbocycles. The fourth-order valence-corrected chi connectivity index (χ4v) is 3.04. The SMILES string of the molecule is CCC(CSC)NC(C)C(=O)NC1CCCC1. The summed E-state index contributed by atoms with van der Waals surface area (Å²) in [6.45, 7) is 4.13. The summed E-state index contributed by atoms with van der Waals surface area (Å²) >= 11 is 1.83. The van der Waals surface area contributed by atoms with Crippen molar-refractivity contribution in [2.45, 2.75) is 64.1 Å². The molecule has 100 valence electrons. The molecule has 17 heavy (non-hydrogen) atoms. The fraction of sp³-hybridized carbons (Fsp3) is 0.923. The van der Waals surface area contributed by atoms with Crippen LogP contribution in [0, 0.1) is 0 Å². The van der Waals surface area contributed by atoms with Crippen molar-refractivity contribution in [3.05, 3.63) is 0 Å². The number of amides is 1. The Morgan fingerprint density at radius 3 is 2.59 bits per heavy atom. The molecule has 1 rings (SSSR count). The highest BCUT2D eigenvalue weighted by Crippen LogP contribution is 2.17. The summed E-state index contributed by atoms with van der Waals surface area (Å²) in [6, 6.07) is 0.786. The molecule has 0 aliphatic heterocycles. The highest BCUT2D eigenvalue weighted by Gasteiger charge is 2.21. The van der Waals surface area contributed by atoms with Gasteiger partial charge in [-0.25, -0.2) is 0 Å². The highest BCUT2D eigenvalue weighted by atomic mass is 32.2. The first-order chi connectivity index (χ1) is 8.17. The second-order valence-corrected chi connectivity index (χ2v) is 5.85. The standard InChI is InChI=1S/C13H26N2OS/c1-4-11(9-17-3)14-10(2)13(16)15-12-7-5-6-8-12/h10-12,14H,4-9H2,1-3H3,(H,15,16). The Balaban J connectivity index is 2.29. The van der Waals surface area contributed by atoms with Gasteiger partial charge in [-0.3, -0.25) is 4.79 Å². The second kappa shape index (κ2) is 7.98. The lowest BCUT2D eigenvalue weighted by Gasteiger charge is -2.22. The Labute approximate surface area is 109 Å². The van der Waals surface area contributed by atoms with E-state index in [1.54, 1.807) is 0 Å². The molecule has 2 atom stereocenters. The van der Waals surface area contributed by atoms with Crippen molar-refractivity contribution in [3.8, 4) is 0 Å². The van der Waals surface area contributed by atoms with Gasteiger partial charge in [0, 0.05) is 17.8 Å². The summed E-state index contributed by atoms with van der Waals surface area (Å²) in [5.74, 6) is 1.23. The third kappa shape index (κ3) is 5.30. The smallest absolute Gasteiger partial charge is 0.237 e. The van der Waals surface area contributed by atoms with Gasteiger partial charge in [-0.15, -0.1) is 0 Å². The lowest BCUT2D eigenvalue weighted by Crippen LogP contribution is -2.49. The van der Waals surface area contributed by atoms with Gasteiger partial charge in [-0.05, 0) is 32.4 Å². The number of rotatable bonds is 7. The van der Waals surface area contributed by atoms with Crippen molar-refractivity contribution in [2.24, 2.45) is 0 Å². The molecular weight excluding hydrogens is 232 g/mol. The van der Waals surface area contributed by atoms with E-state index in [0.717, 1.165) is 25.0 Å². The van der Waals surface area contributed by atoms with Crippen LogP contribution in [0.25, 0.3) is 0 Å². The Kier molecular flexibility index (Phi) is 6.97. The van der Waals surface area contributed by atoms with Crippen LogP contribution in [0.3, 0.4) is 0 Å². The van der Waals surface area contributed by atoms with E-state index in [9.17, 15) is 4.79 Å². The third-order valence-electron chi connectivity index (χ3n) is 3.44. The van der Waals surface area contributed by atoms with Crippen LogP contribution in [0.5, 0.6) is 0 Å². The summed E-state index contributed by atoms with van der Waals surface area (Å²) < 4.78 is 0. The van der Waals surface area contributed by atoms with E-state index < -0.39 is 0 Å². The molecule has 1 aliphatic rings. The predicted molar refractivity (Wildman–Crippen MR) is 75.5 cm³/mol. The predicted octanol–water partition coefficient (Wildman–Crippen LogP) is 2.16. The number of nitrogens with one attached hydrogen (secondary N) is 2. The number of carbonyl (C=O) groups excluding carboxylic acids is 1. The summed E-state index contributed by atoms with van der Waals surface area (Å²) in [4.78, 5) is 12.0. The van der Waals surface area contributed by atoms with E-state index in [1.165, 1.54) is 12.8 Å². The van der Waals surface area contributed by atoms with Gasteiger partial charge < -0.3 is 10.6 Å². The molecule has 0 aromatic rings. The molecule has 0 bridgehead atoms. The molecule has 0 radical (unpaired) electrons. The van der Waals surface area contributed by atoms with Gasteiger partial charge in [-0.2, -0.15) is 11.8 Å². The van der Waals surface area contributed by atoms with Crippen molar-refractivity contribution >= 4 is 17.7 Å². The third-order valence-corrected chi connectivity index (χ3v) is 4.18. The minimum atomic E-state index is -0.0762. The quantitative estimate of drug-likeness (QED) is 0.735. The van der Waals surface area contributed by atoms with E-state index in [1.807, 2.05) is 18.7 Å². The molecule has 0 aromatic heterocycles. The molecule has 0 spiro atoms. The van der Waals surface area contributed by atoms with Gasteiger partial charge in [0.15, 0.2) is 0 Å². The van der Waals surface area contributed by atoms with Crippen molar-refractivity contribution < 1.29 is 4.79 Å². The van der Waals surface area contributed by atoms with Gasteiger partial charge in [-0.1, -0.05) is 19.8 Å². The Morgan fingerprint density at radius 1 is 1.41 bits per heavy atom. The van der Waals surface area contributed by atoms with Crippen LogP contribution in [0.4, 0.5) is 0 Å². The van der Waals surface area contributed by atoms with Crippen molar-refractivity contribution in [1.29, 1.82) is 0 Å². The first-order valence-corrected chi connectivity index (χ1v) is 8.12. The average molecular weight is 258 g/mol. The van der Waals surface area contributed by atoms with Crippen LogP contribution in [0.15, 0.2) is 0 Å². The topological polar surface area (TPSA) is 41.1 Å². The molecule has 1 saturated carbocycles. The lowest BCUT2D eigenvalue weighted by atomic mass is 10.2. The summed E-state index contributed by atoms with van der Waals surface area (Å²) in [5.41, 5.74) is 0. The molecule has 0 heterocycles. The second-order valence-electron chi connectivity index (χ2n) is 4.94. The zero-order chi connectivity index (χ0) is 12.7. The van der Waals surface area contributed by atoms with E-state index in [-0.39, 0.29) is 11.9 Å². The molecule has 1 amide bonds. The summed E-state index contributed by atoms with van der Waals surface area (Å²) in [5, 5.41) is 6.55. The minimum absolute atomic E-state index is 0.0762. The van der Waals surface area contributed by atoms with Gasteiger partial charge in [0.05, 0.1) is 6.04 Å². The van der Waals surface area contributed by atoms with Crippen molar-refractivity contribution in [2.75, 3.05) is 12.0 Å². The fourth-order valence-electron chi connectivity index (χ4n) is 2.31. The van der Waals surface area contributed by atoms with E-state index in [2.05, 4.69) is 23.8 Å². The maximum absolute atomic E-state index is 12.0. The van der Waals surface area contributed by atoms with Crippen LogP contribution in [0.2, 0.25) is 0 Å². The maximum atomic E-state index is 12.0. The van der Waals surface area contributed by atoms with Crippen LogP contribution >= 0.6 is 11.8 Å². The highest BCUT2D eigenvalue weighted by molar-refractivity contribution is 7.98. The first-order valence-electron chi connectivity index (χ1n) is 6.72. The largest absolute Gasteiger partial charge is 0.352 e. The lowest BCUT2D eigenvalue weighted by molar-refractivity contribution is -0.123. The van der Waals surface area contributed by atoms with Crippen LogP contribution in [-0.4, -0.2) is 36.0 Å². The molecule has 1 fully saturated rings. The summed E-state index contributed by atoms with van der Waals surface area (Å²) in [7, 11) is 0. The summed E-state index contributed by atoms with van der Waals surface area (Å²) in [6.07, 6.45) is 8.00. The molecule has 0 aromatic carbocycles. The molecule has 4 heteroatoms. The average Bonchev–Trinajstić information content (AvgIpc) is 2.81. The number of hydrogen-bond acceptors (Lipinski definition) is 3. The molecular formula is C13H26N2OS. The van der Waals surface area contributed by atoms with Gasteiger partial charge in [0.25, 0.3) is 0 Å². The molecule has 2 N–H and O–H groups in total. The van der Waals surface area contributed by atoms with Crippen LogP contribution < -0.4 is 10.6 Å². The van der Waals surface area contributed by atoms with E-state index >= 15 is 0 Å². The zero-order valence-corrected chi connectivity index (χ0v) is 12.1. The van der Waals surface area contributed by atoms with Gasteiger partial charge in [0.1, 0.15) is 0 Å². The molecule has 3 nitrogen and oxygen atoms in total. The normalized spacial score (nSPS) is 20.2. The molecule has 0 saturated heterocycles. The Morgan fingerprint density at radius 2 is 2.06 bits per heavy atom. The van der Waals surface area contributed by atoms with Gasteiger partial charge >= 0.3 is 0 Å². The van der Waals surface area contributed by atoms with E-state index in [4.69, 9.17) is 0 Å². The number of carbonyl (C=O) groups is 1. The Hall–Kier alpha value is -0.220. The van der Waals surface area contributed by atoms with Crippen LogP contribution in [-0.2, 0) is 4.79 Å². The molecule has 2 unspecified atom stereocenters. The monoisotopic (exact) mass is 258 g/mol. The Bertz CT molecular complexity index is 229.